The topological polar surface area (TPSA) is 20.2 Å². The smallest absolute Gasteiger partial charge is 0.396 e. The molecule has 0 aliphatic heterocycles. The SMILES string of the molecule is OCC(CS)c1ccc(C(F)(F)F)cc1. The van der Waals surface area contributed by atoms with Crippen LogP contribution in [-0.4, -0.2) is 17.5 Å². The van der Waals surface area contributed by atoms with Crippen molar-refractivity contribution in [2.45, 2.75) is 12.1 Å². The highest BCUT2D eigenvalue weighted by atomic mass is 32.1. The van der Waals surface area contributed by atoms with Crippen LogP contribution in [0.2, 0.25) is 0 Å². The average Bonchev–Trinajstić information content (AvgIpc) is 2.19. The average molecular weight is 236 g/mol. The van der Waals surface area contributed by atoms with Gasteiger partial charge in [0.25, 0.3) is 0 Å². The highest BCUT2D eigenvalue weighted by Crippen LogP contribution is 2.30. The molecular formula is C10H11F3OS. The number of hydrogen-bond acceptors (Lipinski definition) is 2. The first-order chi connectivity index (χ1) is 6.99. The third-order valence-electron chi connectivity index (χ3n) is 2.15. The Balaban J connectivity index is 2.89. The van der Waals surface area contributed by atoms with Crippen molar-refractivity contribution >= 4 is 12.6 Å². The van der Waals surface area contributed by atoms with Crippen molar-refractivity contribution in [2.24, 2.45) is 0 Å². The fraction of sp³-hybridized carbons (Fsp3) is 0.400. The third kappa shape index (κ3) is 3.14. The molecule has 15 heavy (non-hydrogen) atoms. The number of aliphatic hydroxyl groups excluding tert-OH is 1. The van der Waals surface area contributed by atoms with Crippen LogP contribution in [0.4, 0.5) is 13.2 Å². The predicted octanol–water partition coefficient (Wildman–Crippen LogP) is 2.71. The van der Waals surface area contributed by atoms with Gasteiger partial charge in [0.05, 0.1) is 12.2 Å². The molecule has 0 fully saturated rings. The summed E-state index contributed by atoms with van der Waals surface area (Å²) in [5.74, 6) is 0.192. The minimum absolute atomic E-state index is 0.116. The summed E-state index contributed by atoms with van der Waals surface area (Å²) >= 11 is 4.01. The Morgan fingerprint density at radius 3 is 2.07 bits per heavy atom. The first-order valence-corrected chi connectivity index (χ1v) is 5.01. The number of alkyl halides is 3. The van der Waals surface area contributed by atoms with Gasteiger partial charge in [-0.1, -0.05) is 12.1 Å². The minimum atomic E-state index is -4.31. The van der Waals surface area contributed by atoms with Crippen molar-refractivity contribution in [3.63, 3.8) is 0 Å². The second-order valence-electron chi connectivity index (χ2n) is 3.18. The van der Waals surface area contributed by atoms with E-state index in [9.17, 15) is 13.2 Å². The molecule has 0 amide bonds. The lowest BCUT2D eigenvalue weighted by atomic mass is 10.0. The molecule has 0 aromatic heterocycles. The fourth-order valence-corrected chi connectivity index (χ4v) is 1.54. The summed E-state index contributed by atoms with van der Waals surface area (Å²) in [6, 6.07) is 4.78. The van der Waals surface area contributed by atoms with Crippen LogP contribution in [0.3, 0.4) is 0 Å². The highest BCUT2D eigenvalue weighted by Gasteiger charge is 2.30. The van der Waals surface area contributed by atoms with E-state index in [-0.39, 0.29) is 12.5 Å². The fourth-order valence-electron chi connectivity index (χ4n) is 1.21. The molecule has 1 unspecified atom stereocenters. The van der Waals surface area contributed by atoms with Crippen molar-refractivity contribution in [1.82, 2.24) is 0 Å². The quantitative estimate of drug-likeness (QED) is 0.773. The Labute approximate surface area is 91.3 Å². The van der Waals surface area contributed by atoms with Crippen LogP contribution in [0, 0.1) is 0 Å². The van der Waals surface area contributed by atoms with Gasteiger partial charge in [-0.05, 0) is 23.4 Å². The van der Waals surface area contributed by atoms with Gasteiger partial charge in [-0.25, -0.2) is 0 Å². The molecule has 0 radical (unpaired) electrons. The minimum Gasteiger partial charge on any atom is -0.396 e. The van der Waals surface area contributed by atoms with Gasteiger partial charge in [-0.2, -0.15) is 25.8 Å². The zero-order valence-corrected chi connectivity index (χ0v) is 8.72. The van der Waals surface area contributed by atoms with E-state index in [1.54, 1.807) is 0 Å². The molecule has 84 valence electrons. The van der Waals surface area contributed by atoms with Crippen LogP contribution in [0.1, 0.15) is 17.0 Å². The molecule has 0 aliphatic rings. The van der Waals surface area contributed by atoms with Crippen molar-refractivity contribution in [1.29, 1.82) is 0 Å². The maximum absolute atomic E-state index is 12.2. The molecule has 0 saturated carbocycles. The Morgan fingerprint density at radius 2 is 1.73 bits per heavy atom. The van der Waals surface area contributed by atoms with Crippen LogP contribution in [0.25, 0.3) is 0 Å². The first kappa shape index (κ1) is 12.4. The Bertz CT molecular complexity index is 303. The summed E-state index contributed by atoms with van der Waals surface area (Å²) in [7, 11) is 0. The van der Waals surface area contributed by atoms with E-state index in [1.165, 1.54) is 12.1 Å². The van der Waals surface area contributed by atoms with E-state index < -0.39 is 11.7 Å². The molecule has 0 aliphatic carbocycles. The number of halogens is 3. The maximum Gasteiger partial charge on any atom is 0.416 e. The Kier molecular flexibility index (Phi) is 4.04. The van der Waals surface area contributed by atoms with Crippen LogP contribution >= 0.6 is 12.6 Å². The van der Waals surface area contributed by atoms with Crippen LogP contribution < -0.4 is 0 Å². The van der Waals surface area contributed by atoms with E-state index in [1.807, 2.05) is 0 Å². The Morgan fingerprint density at radius 1 is 1.20 bits per heavy atom. The van der Waals surface area contributed by atoms with Gasteiger partial charge >= 0.3 is 6.18 Å². The second-order valence-corrected chi connectivity index (χ2v) is 3.55. The molecule has 0 heterocycles. The molecule has 0 saturated heterocycles. The zero-order valence-electron chi connectivity index (χ0n) is 7.83. The molecule has 1 aromatic rings. The number of aliphatic hydroxyl groups is 1. The van der Waals surface area contributed by atoms with Gasteiger partial charge in [-0.15, -0.1) is 0 Å². The summed E-state index contributed by atoms with van der Waals surface area (Å²) in [6.45, 7) is -0.116. The lowest BCUT2D eigenvalue weighted by Crippen LogP contribution is -2.08. The molecule has 0 spiro atoms. The van der Waals surface area contributed by atoms with Crippen LogP contribution in [-0.2, 0) is 6.18 Å². The van der Waals surface area contributed by atoms with E-state index in [0.717, 1.165) is 12.1 Å². The predicted molar refractivity (Wildman–Crippen MR) is 55.1 cm³/mol. The van der Waals surface area contributed by atoms with Crippen molar-refractivity contribution < 1.29 is 18.3 Å². The second kappa shape index (κ2) is 4.90. The molecular weight excluding hydrogens is 225 g/mol. The van der Waals surface area contributed by atoms with E-state index in [4.69, 9.17) is 5.11 Å². The molecule has 1 rings (SSSR count). The maximum atomic E-state index is 12.2. The zero-order chi connectivity index (χ0) is 11.5. The summed E-state index contributed by atoms with van der Waals surface area (Å²) < 4.78 is 36.7. The molecule has 1 aromatic carbocycles. The molecule has 5 heteroatoms. The Hall–Kier alpha value is -0.680. The standard InChI is InChI=1S/C10H11F3OS/c11-10(12,13)9-3-1-7(2-4-9)8(5-14)6-15/h1-4,8,14-15H,5-6H2. The molecule has 1 N–H and O–H groups in total. The normalized spacial score (nSPS) is 13.9. The third-order valence-corrected chi connectivity index (χ3v) is 2.59. The van der Waals surface area contributed by atoms with Crippen molar-refractivity contribution in [3.05, 3.63) is 35.4 Å². The van der Waals surface area contributed by atoms with Gasteiger partial charge in [-0.3, -0.25) is 0 Å². The lowest BCUT2D eigenvalue weighted by Gasteiger charge is -2.13. The van der Waals surface area contributed by atoms with Gasteiger partial charge in [0.2, 0.25) is 0 Å². The number of thiol groups is 1. The van der Waals surface area contributed by atoms with Crippen LogP contribution in [0.15, 0.2) is 24.3 Å². The number of hydrogen-bond donors (Lipinski definition) is 2. The van der Waals surface area contributed by atoms with Gasteiger partial charge in [0.15, 0.2) is 0 Å². The summed E-state index contributed by atoms with van der Waals surface area (Å²) in [4.78, 5) is 0. The summed E-state index contributed by atoms with van der Waals surface area (Å²) in [5, 5.41) is 8.94. The first-order valence-electron chi connectivity index (χ1n) is 4.38. The highest BCUT2D eigenvalue weighted by molar-refractivity contribution is 7.80. The van der Waals surface area contributed by atoms with Gasteiger partial charge in [0, 0.05) is 5.92 Å². The van der Waals surface area contributed by atoms with E-state index >= 15 is 0 Å². The molecule has 1 nitrogen and oxygen atoms in total. The molecule has 0 bridgehead atoms. The number of benzene rings is 1. The van der Waals surface area contributed by atoms with Gasteiger partial charge < -0.3 is 5.11 Å². The van der Waals surface area contributed by atoms with Crippen molar-refractivity contribution in [3.8, 4) is 0 Å². The summed E-state index contributed by atoms with van der Waals surface area (Å²) in [5.41, 5.74) is -0.0115. The van der Waals surface area contributed by atoms with E-state index in [0.29, 0.717) is 11.3 Å². The van der Waals surface area contributed by atoms with Crippen molar-refractivity contribution in [2.75, 3.05) is 12.4 Å². The van der Waals surface area contributed by atoms with Crippen LogP contribution in [0.5, 0.6) is 0 Å². The number of rotatable bonds is 3. The lowest BCUT2D eigenvalue weighted by molar-refractivity contribution is -0.137. The molecule has 1 atom stereocenters. The van der Waals surface area contributed by atoms with Gasteiger partial charge in [0.1, 0.15) is 0 Å². The monoisotopic (exact) mass is 236 g/mol. The summed E-state index contributed by atoms with van der Waals surface area (Å²) in [6.07, 6.45) is -4.31. The van der Waals surface area contributed by atoms with E-state index in [2.05, 4.69) is 12.6 Å². The largest absolute Gasteiger partial charge is 0.416 e.